The second-order valence-electron chi connectivity index (χ2n) is 6.69. The number of hydrogen-bond acceptors (Lipinski definition) is 4. The van der Waals surface area contributed by atoms with Crippen molar-refractivity contribution in [2.24, 2.45) is 5.92 Å². The van der Waals surface area contributed by atoms with Crippen molar-refractivity contribution in [3.63, 3.8) is 0 Å². The first-order valence-corrected chi connectivity index (χ1v) is 8.51. The molecule has 0 saturated carbocycles. The molecular formula is C18H24N4. The number of nitrogens with one attached hydrogen (secondary N) is 1. The summed E-state index contributed by atoms with van der Waals surface area (Å²) in [5.74, 6) is 1.97. The highest BCUT2D eigenvalue weighted by atomic mass is 15.2. The molecule has 2 saturated heterocycles. The Hall–Kier alpha value is -1.68. The fourth-order valence-electron chi connectivity index (χ4n) is 4.13. The van der Waals surface area contributed by atoms with Crippen molar-refractivity contribution in [1.82, 2.24) is 15.3 Å². The van der Waals surface area contributed by atoms with Crippen LogP contribution in [0.5, 0.6) is 0 Å². The highest BCUT2D eigenvalue weighted by molar-refractivity contribution is 5.92. The van der Waals surface area contributed by atoms with Crippen LogP contribution in [-0.4, -0.2) is 35.6 Å². The normalized spacial score (nSPS) is 23.3. The molecular weight excluding hydrogens is 272 g/mol. The molecule has 4 heteroatoms. The van der Waals surface area contributed by atoms with Crippen molar-refractivity contribution in [1.29, 1.82) is 0 Å². The van der Waals surface area contributed by atoms with Gasteiger partial charge in [-0.2, -0.15) is 0 Å². The Kier molecular flexibility index (Phi) is 3.70. The Morgan fingerprint density at radius 1 is 1.14 bits per heavy atom. The summed E-state index contributed by atoms with van der Waals surface area (Å²) in [5, 5.41) is 4.90. The van der Waals surface area contributed by atoms with Gasteiger partial charge in [0.1, 0.15) is 12.1 Å². The monoisotopic (exact) mass is 296 g/mol. The summed E-state index contributed by atoms with van der Waals surface area (Å²) >= 11 is 0. The molecule has 0 unspecified atom stereocenters. The maximum absolute atomic E-state index is 4.61. The average Bonchev–Trinajstić information content (AvgIpc) is 3.09. The molecule has 0 amide bonds. The molecule has 1 aromatic heterocycles. The first-order valence-electron chi connectivity index (χ1n) is 8.51. The van der Waals surface area contributed by atoms with Gasteiger partial charge in [-0.15, -0.1) is 0 Å². The fraction of sp³-hybridized carbons (Fsp3) is 0.556. The number of aromatic nitrogens is 2. The zero-order chi connectivity index (χ0) is 14.9. The van der Waals surface area contributed by atoms with Gasteiger partial charge in [-0.1, -0.05) is 12.1 Å². The topological polar surface area (TPSA) is 41.1 Å². The molecule has 2 aliphatic heterocycles. The summed E-state index contributed by atoms with van der Waals surface area (Å²) in [6.07, 6.45) is 6.96. The summed E-state index contributed by atoms with van der Waals surface area (Å²) in [4.78, 5) is 11.5. The van der Waals surface area contributed by atoms with Crippen molar-refractivity contribution in [2.45, 2.75) is 38.6 Å². The lowest BCUT2D eigenvalue weighted by Crippen LogP contribution is -2.41. The molecule has 0 aliphatic carbocycles. The second kappa shape index (κ2) is 5.84. The molecule has 2 aromatic rings. The lowest BCUT2D eigenvalue weighted by Gasteiger charge is -2.36. The molecule has 3 heterocycles. The quantitative estimate of drug-likeness (QED) is 0.925. The summed E-state index contributed by atoms with van der Waals surface area (Å²) in [5.41, 5.74) is 2.33. The van der Waals surface area contributed by atoms with Gasteiger partial charge in [0.05, 0.1) is 5.52 Å². The standard InChI is InChI=1S/C18H24N4/c1-13-4-2-5-16-17(13)18(21-12-20-16)22-10-7-14(8-11-22)15-6-3-9-19-15/h2,4-5,12,14-15,19H,3,6-11H2,1H3/t15-/m0/s1. The molecule has 0 spiro atoms. The number of anilines is 1. The van der Waals surface area contributed by atoms with Crippen LogP contribution < -0.4 is 10.2 Å². The first kappa shape index (κ1) is 13.9. The summed E-state index contributed by atoms with van der Waals surface area (Å²) in [6.45, 7) is 5.59. The summed E-state index contributed by atoms with van der Waals surface area (Å²) in [6, 6.07) is 7.07. The zero-order valence-electron chi connectivity index (χ0n) is 13.3. The van der Waals surface area contributed by atoms with Gasteiger partial charge in [0, 0.05) is 24.5 Å². The predicted molar refractivity (Wildman–Crippen MR) is 90.2 cm³/mol. The van der Waals surface area contributed by atoms with E-state index in [-0.39, 0.29) is 0 Å². The van der Waals surface area contributed by atoms with E-state index in [2.05, 4.69) is 45.3 Å². The molecule has 1 aromatic carbocycles. The minimum atomic E-state index is 0.756. The van der Waals surface area contributed by atoms with Gasteiger partial charge in [-0.05, 0) is 56.7 Å². The molecule has 0 radical (unpaired) electrons. The van der Waals surface area contributed by atoms with E-state index in [1.807, 2.05) is 0 Å². The van der Waals surface area contributed by atoms with Crippen molar-refractivity contribution >= 4 is 16.7 Å². The van der Waals surface area contributed by atoms with E-state index in [9.17, 15) is 0 Å². The van der Waals surface area contributed by atoms with Gasteiger partial charge in [-0.25, -0.2) is 9.97 Å². The van der Waals surface area contributed by atoms with Crippen molar-refractivity contribution < 1.29 is 0 Å². The van der Waals surface area contributed by atoms with Crippen LogP contribution in [0.25, 0.3) is 10.9 Å². The van der Waals surface area contributed by atoms with Gasteiger partial charge in [0.2, 0.25) is 0 Å². The largest absolute Gasteiger partial charge is 0.356 e. The van der Waals surface area contributed by atoms with E-state index >= 15 is 0 Å². The van der Waals surface area contributed by atoms with Crippen molar-refractivity contribution in [2.75, 3.05) is 24.5 Å². The SMILES string of the molecule is Cc1cccc2ncnc(N3CCC([C@@H]4CCCN4)CC3)c12. The minimum Gasteiger partial charge on any atom is -0.356 e. The molecule has 22 heavy (non-hydrogen) atoms. The van der Waals surface area contributed by atoms with Gasteiger partial charge < -0.3 is 10.2 Å². The Labute approximate surface area is 131 Å². The van der Waals surface area contributed by atoms with Crippen molar-refractivity contribution in [3.05, 3.63) is 30.1 Å². The first-order chi connectivity index (χ1) is 10.8. The fourth-order valence-corrected chi connectivity index (χ4v) is 4.13. The molecule has 4 rings (SSSR count). The third-order valence-electron chi connectivity index (χ3n) is 5.36. The number of aryl methyl sites for hydroxylation is 1. The van der Waals surface area contributed by atoms with Gasteiger partial charge in [-0.3, -0.25) is 0 Å². The zero-order valence-corrected chi connectivity index (χ0v) is 13.3. The maximum atomic E-state index is 4.61. The summed E-state index contributed by atoms with van der Waals surface area (Å²) in [7, 11) is 0. The van der Waals surface area contributed by atoms with Crippen LogP contribution >= 0.6 is 0 Å². The van der Waals surface area contributed by atoms with E-state index in [4.69, 9.17) is 0 Å². The molecule has 1 atom stereocenters. The van der Waals surface area contributed by atoms with Gasteiger partial charge >= 0.3 is 0 Å². The average molecular weight is 296 g/mol. The van der Waals surface area contributed by atoms with E-state index < -0.39 is 0 Å². The Morgan fingerprint density at radius 3 is 2.77 bits per heavy atom. The van der Waals surface area contributed by atoms with Crippen LogP contribution in [-0.2, 0) is 0 Å². The maximum Gasteiger partial charge on any atom is 0.140 e. The van der Waals surface area contributed by atoms with E-state index in [1.165, 1.54) is 43.2 Å². The molecule has 2 aliphatic rings. The van der Waals surface area contributed by atoms with Crippen LogP contribution in [0.4, 0.5) is 5.82 Å². The second-order valence-corrected chi connectivity index (χ2v) is 6.69. The van der Waals surface area contributed by atoms with Crippen LogP contribution in [0.1, 0.15) is 31.2 Å². The number of nitrogens with zero attached hydrogens (tertiary/aromatic N) is 3. The number of fused-ring (bicyclic) bond motifs is 1. The molecule has 2 fully saturated rings. The Balaban J connectivity index is 1.56. The highest BCUT2D eigenvalue weighted by Gasteiger charge is 2.29. The van der Waals surface area contributed by atoms with Crippen LogP contribution in [0.3, 0.4) is 0 Å². The van der Waals surface area contributed by atoms with Crippen molar-refractivity contribution in [3.8, 4) is 0 Å². The number of hydrogen-bond donors (Lipinski definition) is 1. The Bertz CT molecular complexity index is 650. The molecule has 4 nitrogen and oxygen atoms in total. The van der Waals surface area contributed by atoms with Crippen LogP contribution in [0.15, 0.2) is 24.5 Å². The van der Waals surface area contributed by atoms with Crippen LogP contribution in [0, 0.1) is 12.8 Å². The molecule has 0 bridgehead atoms. The summed E-state index contributed by atoms with van der Waals surface area (Å²) < 4.78 is 0. The van der Waals surface area contributed by atoms with E-state index in [0.717, 1.165) is 36.4 Å². The van der Waals surface area contributed by atoms with E-state index in [0.29, 0.717) is 0 Å². The number of rotatable bonds is 2. The number of piperidine rings is 1. The number of benzene rings is 1. The lowest BCUT2D eigenvalue weighted by molar-refractivity contribution is 0.318. The molecule has 1 N–H and O–H groups in total. The van der Waals surface area contributed by atoms with E-state index in [1.54, 1.807) is 6.33 Å². The third kappa shape index (κ3) is 2.45. The highest BCUT2D eigenvalue weighted by Crippen LogP contribution is 2.31. The van der Waals surface area contributed by atoms with Gasteiger partial charge in [0.25, 0.3) is 0 Å². The lowest BCUT2D eigenvalue weighted by atomic mass is 9.88. The van der Waals surface area contributed by atoms with Crippen LogP contribution in [0.2, 0.25) is 0 Å². The Morgan fingerprint density at radius 2 is 2.00 bits per heavy atom. The third-order valence-corrected chi connectivity index (χ3v) is 5.36. The predicted octanol–water partition coefficient (Wildman–Crippen LogP) is 2.91. The smallest absolute Gasteiger partial charge is 0.140 e. The minimum absolute atomic E-state index is 0.756. The molecule has 116 valence electrons. The van der Waals surface area contributed by atoms with Gasteiger partial charge in [0.15, 0.2) is 0 Å².